The lowest BCUT2D eigenvalue weighted by Gasteiger charge is -2.17. The van der Waals surface area contributed by atoms with Crippen molar-refractivity contribution in [2.24, 2.45) is 0 Å². The summed E-state index contributed by atoms with van der Waals surface area (Å²) in [6, 6.07) is 18.3. The first-order chi connectivity index (χ1) is 15.7. The van der Waals surface area contributed by atoms with E-state index in [-0.39, 0.29) is 11.6 Å². The summed E-state index contributed by atoms with van der Waals surface area (Å²) in [6.45, 7) is 3.83. The van der Waals surface area contributed by atoms with Crippen molar-refractivity contribution in [3.8, 4) is 28.5 Å². The number of nitrogens with zero attached hydrogens (tertiary/aromatic N) is 2. The highest BCUT2D eigenvalue weighted by Gasteiger charge is 2.30. The van der Waals surface area contributed by atoms with Gasteiger partial charge in [-0.25, -0.2) is 9.37 Å². The van der Waals surface area contributed by atoms with Gasteiger partial charge >= 0.3 is 6.18 Å². The number of benzene rings is 3. The zero-order valence-electron chi connectivity index (χ0n) is 17.8. The normalized spacial score (nSPS) is 11.6. The molecule has 0 radical (unpaired) electrons. The first-order valence-electron chi connectivity index (χ1n) is 10.3. The molecule has 7 heteroatoms. The average Bonchev–Trinajstić information content (AvgIpc) is 2.78. The molecule has 0 fully saturated rings. The van der Waals surface area contributed by atoms with Crippen LogP contribution in [0.4, 0.5) is 23.2 Å². The summed E-state index contributed by atoms with van der Waals surface area (Å²) in [5.41, 5.74) is 2.64. The third kappa shape index (κ3) is 4.51. The van der Waals surface area contributed by atoms with Crippen molar-refractivity contribution in [3.05, 3.63) is 83.7 Å². The number of pyridine rings is 1. The lowest BCUT2D eigenvalue weighted by atomic mass is 9.97. The van der Waals surface area contributed by atoms with Gasteiger partial charge in [-0.15, -0.1) is 0 Å². The molecule has 33 heavy (non-hydrogen) atoms. The molecular formula is C26H19F4N3. The van der Waals surface area contributed by atoms with E-state index in [1.807, 2.05) is 13.8 Å². The first kappa shape index (κ1) is 22.3. The van der Waals surface area contributed by atoms with Gasteiger partial charge in [-0.05, 0) is 55.3 Å². The molecule has 0 bridgehead atoms. The average molecular weight is 449 g/mol. The Bertz CT molecular complexity index is 1370. The Balaban J connectivity index is 1.83. The summed E-state index contributed by atoms with van der Waals surface area (Å²) >= 11 is 0. The molecule has 0 aliphatic heterocycles. The highest BCUT2D eigenvalue weighted by molar-refractivity contribution is 5.98. The van der Waals surface area contributed by atoms with Gasteiger partial charge in [-0.3, -0.25) is 0 Å². The summed E-state index contributed by atoms with van der Waals surface area (Å²) in [6.07, 6.45) is -4.42. The number of nitriles is 1. The van der Waals surface area contributed by atoms with E-state index in [1.54, 1.807) is 36.4 Å². The molecule has 0 aliphatic carbocycles. The van der Waals surface area contributed by atoms with E-state index in [1.165, 1.54) is 18.2 Å². The molecule has 0 spiro atoms. The monoisotopic (exact) mass is 449 g/mol. The van der Waals surface area contributed by atoms with Crippen LogP contribution in [-0.4, -0.2) is 11.0 Å². The number of fused-ring (bicyclic) bond motifs is 1. The molecule has 3 aromatic carbocycles. The molecule has 1 heterocycles. The molecule has 0 amide bonds. The zero-order valence-corrected chi connectivity index (χ0v) is 17.8. The van der Waals surface area contributed by atoms with Gasteiger partial charge in [-0.2, -0.15) is 18.4 Å². The van der Waals surface area contributed by atoms with Crippen LogP contribution < -0.4 is 5.32 Å². The van der Waals surface area contributed by atoms with E-state index in [0.717, 1.165) is 12.1 Å². The third-order valence-corrected chi connectivity index (χ3v) is 5.17. The van der Waals surface area contributed by atoms with Crippen LogP contribution in [0.5, 0.6) is 0 Å². The molecule has 0 saturated heterocycles. The van der Waals surface area contributed by atoms with E-state index < -0.39 is 17.6 Å². The summed E-state index contributed by atoms with van der Waals surface area (Å²) in [5.74, 6) is -0.432. The summed E-state index contributed by atoms with van der Waals surface area (Å²) in [4.78, 5) is 4.60. The number of anilines is 1. The van der Waals surface area contributed by atoms with Gasteiger partial charge in [0, 0.05) is 17.0 Å². The van der Waals surface area contributed by atoms with Crippen LogP contribution in [0.3, 0.4) is 0 Å². The smallest absolute Gasteiger partial charge is 0.381 e. The minimum Gasteiger partial charge on any atom is -0.381 e. The highest BCUT2D eigenvalue weighted by atomic mass is 19.4. The second-order valence-electron chi connectivity index (χ2n) is 7.94. The van der Waals surface area contributed by atoms with Crippen LogP contribution in [0, 0.1) is 17.1 Å². The minimum absolute atomic E-state index is 0.0119. The van der Waals surface area contributed by atoms with Crippen LogP contribution in [0.1, 0.15) is 25.0 Å². The van der Waals surface area contributed by atoms with Crippen molar-refractivity contribution in [2.45, 2.75) is 26.1 Å². The molecule has 0 aliphatic rings. The fraction of sp³-hybridized carbons (Fsp3) is 0.154. The van der Waals surface area contributed by atoms with Gasteiger partial charge in [0.15, 0.2) is 0 Å². The van der Waals surface area contributed by atoms with Gasteiger partial charge < -0.3 is 5.32 Å². The lowest BCUT2D eigenvalue weighted by molar-refractivity contribution is -0.137. The van der Waals surface area contributed by atoms with Crippen LogP contribution in [-0.2, 0) is 6.18 Å². The Morgan fingerprint density at radius 3 is 2.24 bits per heavy atom. The van der Waals surface area contributed by atoms with Gasteiger partial charge in [0.25, 0.3) is 0 Å². The van der Waals surface area contributed by atoms with Crippen molar-refractivity contribution >= 4 is 16.6 Å². The maximum Gasteiger partial charge on any atom is 0.416 e. The molecule has 0 saturated carbocycles. The second kappa shape index (κ2) is 8.55. The number of alkyl halides is 3. The van der Waals surface area contributed by atoms with E-state index in [0.29, 0.717) is 39.0 Å². The van der Waals surface area contributed by atoms with Crippen LogP contribution in [0.25, 0.3) is 33.3 Å². The van der Waals surface area contributed by atoms with Gasteiger partial charge in [0.05, 0.1) is 22.5 Å². The van der Waals surface area contributed by atoms with Crippen molar-refractivity contribution in [2.75, 3.05) is 5.32 Å². The van der Waals surface area contributed by atoms with E-state index >= 15 is 0 Å². The van der Waals surface area contributed by atoms with Gasteiger partial charge in [0.2, 0.25) is 0 Å². The van der Waals surface area contributed by atoms with Gasteiger partial charge in [-0.1, -0.05) is 36.4 Å². The molecule has 3 nitrogen and oxygen atoms in total. The van der Waals surface area contributed by atoms with E-state index in [2.05, 4.69) is 16.4 Å². The standard InChI is InChI=1S/C26H19F4N3/c1-15(2)32-25-21-13-20(27)10-11-23(21)33-24(22(25)14-31)17-8-6-16(7-9-17)18-4-3-5-19(12-18)26(28,29)30/h3-13,15H,1-2H3,(H,32,33). The number of hydrogen-bond acceptors (Lipinski definition) is 3. The van der Waals surface area contributed by atoms with Crippen LogP contribution >= 0.6 is 0 Å². The molecule has 0 unspecified atom stereocenters. The van der Waals surface area contributed by atoms with Crippen molar-refractivity contribution in [1.29, 1.82) is 5.26 Å². The molecular weight excluding hydrogens is 430 g/mol. The summed E-state index contributed by atoms with van der Waals surface area (Å²) in [7, 11) is 0. The number of aromatic nitrogens is 1. The maximum atomic E-state index is 13.9. The number of rotatable bonds is 4. The van der Waals surface area contributed by atoms with Crippen LogP contribution in [0.15, 0.2) is 66.7 Å². The Kier molecular flexibility index (Phi) is 5.77. The number of halogens is 4. The molecule has 4 aromatic rings. The molecule has 166 valence electrons. The van der Waals surface area contributed by atoms with E-state index in [4.69, 9.17) is 0 Å². The zero-order chi connectivity index (χ0) is 23.8. The third-order valence-electron chi connectivity index (χ3n) is 5.17. The van der Waals surface area contributed by atoms with Gasteiger partial charge in [0.1, 0.15) is 17.4 Å². The van der Waals surface area contributed by atoms with E-state index in [9.17, 15) is 22.8 Å². The van der Waals surface area contributed by atoms with Crippen molar-refractivity contribution in [3.63, 3.8) is 0 Å². The van der Waals surface area contributed by atoms with Crippen LogP contribution in [0.2, 0.25) is 0 Å². The fourth-order valence-corrected chi connectivity index (χ4v) is 3.69. The quantitative estimate of drug-likeness (QED) is 0.330. The topological polar surface area (TPSA) is 48.7 Å². The second-order valence-corrected chi connectivity index (χ2v) is 7.94. The molecule has 4 rings (SSSR count). The van der Waals surface area contributed by atoms with Crippen molar-refractivity contribution < 1.29 is 17.6 Å². The number of hydrogen-bond donors (Lipinski definition) is 1. The van der Waals surface area contributed by atoms with Crippen molar-refractivity contribution in [1.82, 2.24) is 4.98 Å². The predicted molar refractivity (Wildman–Crippen MR) is 121 cm³/mol. The fourth-order valence-electron chi connectivity index (χ4n) is 3.69. The predicted octanol–water partition coefficient (Wildman–Crippen LogP) is 7.42. The summed E-state index contributed by atoms with van der Waals surface area (Å²) < 4.78 is 53.1. The molecule has 0 atom stereocenters. The minimum atomic E-state index is -4.42. The largest absolute Gasteiger partial charge is 0.416 e. The SMILES string of the molecule is CC(C)Nc1c(C#N)c(-c2ccc(-c3cccc(C(F)(F)F)c3)cc2)nc2ccc(F)cc12. The Morgan fingerprint density at radius 1 is 0.909 bits per heavy atom. The Labute approximate surface area is 188 Å². The summed E-state index contributed by atoms with van der Waals surface area (Å²) in [5, 5.41) is 13.6. The molecule has 1 N–H and O–H groups in total. The number of nitrogens with one attached hydrogen (secondary N) is 1. The maximum absolute atomic E-state index is 13.9. The lowest BCUT2D eigenvalue weighted by Crippen LogP contribution is -2.12. The first-order valence-corrected chi connectivity index (χ1v) is 10.3. The highest BCUT2D eigenvalue weighted by Crippen LogP contribution is 2.36. The molecule has 1 aromatic heterocycles. The Hall–Kier alpha value is -3.92. The Morgan fingerprint density at radius 2 is 1.61 bits per heavy atom.